The molecule has 6 aromatic rings. The number of hydrogen-bond acceptors (Lipinski definition) is 2. The molecule has 31 heavy (non-hydrogen) atoms. The SMILES string of the molecule is Cc1nc2c(ccc3cccc(-c4cccc5ccccc45)c32)nc1-c1ccccc1. The van der Waals surface area contributed by atoms with E-state index in [1.165, 1.54) is 27.3 Å². The lowest BCUT2D eigenvalue weighted by atomic mass is 9.93. The zero-order valence-electron chi connectivity index (χ0n) is 17.2. The Kier molecular flexibility index (Phi) is 4.03. The van der Waals surface area contributed by atoms with Gasteiger partial charge in [-0.25, -0.2) is 9.97 Å². The lowest BCUT2D eigenvalue weighted by molar-refractivity contribution is 1.19. The summed E-state index contributed by atoms with van der Waals surface area (Å²) in [5.41, 5.74) is 7.28. The first-order valence-electron chi connectivity index (χ1n) is 10.5. The van der Waals surface area contributed by atoms with Gasteiger partial charge in [-0.05, 0) is 40.3 Å². The molecule has 1 aromatic heterocycles. The highest BCUT2D eigenvalue weighted by Crippen LogP contribution is 2.37. The second-order valence-electron chi connectivity index (χ2n) is 7.89. The summed E-state index contributed by atoms with van der Waals surface area (Å²) in [6, 6.07) is 36.1. The number of fused-ring (bicyclic) bond motifs is 4. The van der Waals surface area contributed by atoms with Gasteiger partial charge in [0, 0.05) is 10.9 Å². The number of benzene rings is 5. The summed E-state index contributed by atoms with van der Waals surface area (Å²) in [6.07, 6.45) is 0. The molecule has 0 radical (unpaired) electrons. The molecule has 2 heteroatoms. The molecule has 0 unspecified atom stereocenters. The largest absolute Gasteiger partial charge is 0.249 e. The highest BCUT2D eigenvalue weighted by atomic mass is 14.8. The standard InChI is InChI=1S/C29H20N2/c1-19-28(22-10-3-2-4-11-22)31-26-18-17-21-13-8-16-25(27(21)29(26)30-19)24-15-7-12-20-9-5-6-14-23(20)24/h2-18H,1H3. The maximum absolute atomic E-state index is 5.08. The fourth-order valence-corrected chi connectivity index (χ4v) is 4.53. The van der Waals surface area contributed by atoms with Crippen molar-refractivity contribution in [1.29, 1.82) is 0 Å². The molecule has 0 N–H and O–H groups in total. The van der Waals surface area contributed by atoms with Crippen molar-refractivity contribution in [2.24, 2.45) is 0 Å². The number of nitrogens with zero attached hydrogens (tertiary/aromatic N) is 2. The summed E-state index contributed by atoms with van der Waals surface area (Å²) in [6.45, 7) is 2.05. The molecule has 0 aliphatic carbocycles. The lowest BCUT2D eigenvalue weighted by Gasteiger charge is -2.13. The van der Waals surface area contributed by atoms with Crippen LogP contribution in [0.25, 0.3) is 55.0 Å². The average Bonchev–Trinajstić information content (AvgIpc) is 2.83. The van der Waals surface area contributed by atoms with E-state index in [0.717, 1.165) is 33.4 Å². The Labute approximate surface area is 180 Å². The first-order valence-corrected chi connectivity index (χ1v) is 10.5. The molecule has 0 fully saturated rings. The van der Waals surface area contributed by atoms with Gasteiger partial charge in [-0.2, -0.15) is 0 Å². The molecule has 0 amide bonds. The van der Waals surface area contributed by atoms with Gasteiger partial charge >= 0.3 is 0 Å². The summed E-state index contributed by atoms with van der Waals surface area (Å²) in [5, 5.41) is 4.83. The molecule has 0 bridgehead atoms. The molecule has 5 aromatic carbocycles. The third-order valence-electron chi connectivity index (χ3n) is 5.98. The molecule has 6 rings (SSSR count). The van der Waals surface area contributed by atoms with Gasteiger partial charge in [0.25, 0.3) is 0 Å². The normalized spacial score (nSPS) is 11.4. The third-order valence-corrected chi connectivity index (χ3v) is 5.98. The molecule has 0 atom stereocenters. The van der Waals surface area contributed by atoms with E-state index in [1.807, 2.05) is 25.1 Å². The van der Waals surface area contributed by atoms with E-state index in [9.17, 15) is 0 Å². The van der Waals surface area contributed by atoms with Gasteiger partial charge in [-0.1, -0.05) is 97.1 Å². The Bertz CT molecular complexity index is 1580. The lowest BCUT2D eigenvalue weighted by Crippen LogP contribution is -1.96. The predicted molar refractivity (Wildman–Crippen MR) is 130 cm³/mol. The quantitative estimate of drug-likeness (QED) is 0.282. The molecule has 0 saturated carbocycles. The van der Waals surface area contributed by atoms with Crippen LogP contribution in [0.15, 0.2) is 103 Å². The fourth-order valence-electron chi connectivity index (χ4n) is 4.53. The highest BCUT2D eigenvalue weighted by Gasteiger charge is 2.14. The van der Waals surface area contributed by atoms with Gasteiger partial charge in [0.15, 0.2) is 0 Å². The first-order chi connectivity index (χ1) is 15.3. The second-order valence-corrected chi connectivity index (χ2v) is 7.89. The van der Waals surface area contributed by atoms with Crippen LogP contribution in [0.3, 0.4) is 0 Å². The van der Waals surface area contributed by atoms with Crippen molar-refractivity contribution in [1.82, 2.24) is 9.97 Å². The maximum Gasteiger partial charge on any atom is 0.0975 e. The van der Waals surface area contributed by atoms with Crippen LogP contribution in [0.4, 0.5) is 0 Å². The van der Waals surface area contributed by atoms with E-state index in [4.69, 9.17) is 9.97 Å². The molecular weight excluding hydrogens is 376 g/mol. The van der Waals surface area contributed by atoms with Crippen LogP contribution in [0.5, 0.6) is 0 Å². The number of aryl methyl sites for hydroxylation is 1. The molecule has 146 valence electrons. The van der Waals surface area contributed by atoms with Crippen molar-refractivity contribution < 1.29 is 0 Å². The first kappa shape index (κ1) is 17.8. The Hall–Kier alpha value is -4.04. The molecule has 0 spiro atoms. The van der Waals surface area contributed by atoms with E-state index < -0.39 is 0 Å². The van der Waals surface area contributed by atoms with Crippen molar-refractivity contribution in [3.05, 3.63) is 109 Å². The van der Waals surface area contributed by atoms with Crippen LogP contribution < -0.4 is 0 Å². The van der Waals surface area contributed by atoms with Gasteiger partial charge in [-0.15, -0.1) is 0 Å². The minimum Gasteiger partial charge on any atom is -0.249 e. The topological polar surface area (TPSA) is 25.8 Å². The van der Waals surface area contributed by atoms with E-state index in [0.29, 0.717) is 0 Å². The van der Waals surface area contributed by atoms with Gasteiger partial charge in [-0.3, -0.25) is 0 Å². The summed E-state index contributed by atoms with van der Waals surface area (Å²) in [4.78, 5) is 10.1. The number of aromatic nitrogens is 2. The Morgan fingerprint density at radius 1 is 0.548 bits per heavy atom. The van der Waals surface area contributed by atoms with Gasteiger partial charge in [0.2, 0.25) is 0 Å². The van der Waals surface area contributed by atoms with Crippen LogP contribution in [-0.4, -0.2) is 9.97 Å². The minimum atomic E-state index is 0.921. The third kappa shape index (κ3) is 2.88. The Morgan fingerprint density at radius 2 is 1.26 bits per heavy atom. The maximum atomic E-state index is 5.08. The monoisotopic (exact) mass is 396 g/mol. The van der Waals surface area contributed by atoms with Crippen LogP contribution in [0.2, 0.25) is 0 Å². The summed E-state index contributed by atoms with van der Waals surface area (Å²) in [5.74, 6) is 0. The number of rotatable bonds is 2. The Balaban J connectivity index is 1.69. The van der Waals surface area contributed by atoms with E-state index >= 15 is 0 Å². The number of hydrogen-bond donors (Lipinski definition) is 0. The van der Waals surface area contributed by atoms with Crippen molar-refractivity contribution in [3.8, 4) is 22.4 Å². The molecule has 2 nitrogen and oxygen atoms in total. The van der Waals surface area contributed by atoms with Gasteiger partial charge in [0.05, 0.1) is 22.4 Å². The van der Waals surface area contributed by atoms with Crippen molar-refractivity contribution in [2.45, 2.75) is 6.92 Å². The molecule has 0 aliphatic rings. The fraction of sp³-hybridized carbons (Fsp3) is 0.0345. The van der Waals surface area contributed by atoms with Crippen molar-refractivity contribution in [3.63, 3.8) is 0 Å². The molecule has 0 aliphatic heterocycles. The van der Waals surface area contributed by atoms with Gasteiger partial charge < -0.3 is 0 Å². The summed E-state index contributed by atoms with van der Waals surface area (Å²) in [7, 11) is 0. The summed E-state index contributed by atoms with van der Waals surface area (Å²) >= 11 is 0. The van der Waals surface area contributed by atoms with E-state index in [2.05, 4.69) is 84.9 Å². The van der Waals surface area contributed by atoms with Crippen molar-refractivity contribution in [2.75, 3.05) is 0 Å². The van der Waals surface area contributed by atoms with E-state index in [1.54, 1.807) is 0 Å². The zero-order valence-corrected chi connectivity index (χ0v) is 17.2. The average molecular weight is 396 g/mol. The van der Waals surface area contributed by atoms with Crippen LogP contribution in [0, 0.1) is 6.92 Å². The van der Waals surface area contributed by atoms with Crippen LogP contribution in [-0.2, 0) is 0 Å². The summed E-state index contributed by atoms with van der Waals surface area (Å²) < 4.78 is 0. The smallest absolute Gasteiger partial charge is 0.0975 e. The second kappa shape index (κ2) is 7.03. The minimum absolute atomic E-state index is 0.921. The van der Waals surface area contributed by atoms with Crippen LogP contribution >= 0.6 is 0 Å². The van der Waals surface area contributed by atoms with Crippen molar-refractivity contribution >= 4 is 32.6 Å². The van der Waals surface area contributed by atoms with E-state index in [-0.39, 0.29) is 0 Å². The zero-order chi connectivity index (χ0) is 20.8. The predicted octanol–water partition coefficient (Wildman–Crippen LogP) is 7.58. The Morgan fingerprint density at radius 3 is 2.13 bits per heavy atom. The highest BCUT2D eigenvalue weighted by molar-refractivity contribution is 6.14. The molecular formula is C29H20N2. The van der Waals surface area contributed by atoms with Gasteiger partial charge in [0.1, 0.15) is 0 Å². The van der Waals surface area contributed by atoms with Crippen LogP contribution in [0.1, 0.15) is 5.69 Å². The molecule has 0 saturated heterocycles. The molecule has 1 heterocycles.